The van der Waals surface area contributed by atoms with Crippen LogP contribution in [0.2, 0.25) is 5.02 Å². The van der Waals surface area contributed by atoms with Crippen LogP contribution >= 0.6 is 11.6 Å². The number of para-hydroxylation sites is 2. The van der Waals surface area contributed by atoms with Crippen molar-refractivity contribution in [2.45, 2.75) is 0 Å². The van der Waals surface area contributed by atoms with Crippen LogP contribution < -0.4 is 15.1 Å². The van der Waals surface area contributed by atoms with Gasteiger partial charge in [0.2, 0.25) is 0 Å². The van der Waals surface area contributed by atoms with Gasteiger partial charge in [-0.1, -0.05) is 23.7 Å². The van der Waals surface area contributed by atoms with Crippen molar-refractivity contribution < 1.29 is 13.9 Å². The summed E-state index contributed by atoms with van der Waals surface area (Å²) < 4.78 is 11.2. The summed E-state index contributed by atoms with van der Waals surface area (Å²) in [6.07, 6.45) is 0. The largest absolute Gasteiger partial charge is 0.490 e. The molecule has 0 spiro atoms. The summed E-state index contributed by atoms with van der Waals surface area (Å²) in [4.78, 5) is 26.7. The molecule has 1 aliphatic heterocycles. The fraction of sp³-hybridized carbons (Fsp3) is 0.111. The zero-order valence-electron chi connectivity index (χ0n) is 12.5. The predicted molar refractivity (Wildman–Crippen MR) is 91.1 cm³/mol. The lowest BCUT2D eigenvalue weighted by molar-refractivity contribution is 0.0950. The molecule has 0 N–H and O–H groups in total. The van der Waals surface area contributed by atoms with Crippen molar-refractivity contribution >= 4 is 34.2 Å². The molecule has 1 aromatic heterocycles. The Hall–Kier alpha value is -2.79. The summed E-state index contributed by atoms with van der Waals surface area (Å²) >= 11 is 5.90. The first kappa shape index (κ1) is 14.8. The van der Waals surface area contributed by atoms with E-state index < -0.39 is 0 Å². The molecule has 2 heterocycles. The van der Waals surface area contributed by atoms with E-state index in [1.165, 1.54) is 12.1 Å². The van der Waals surface area contributed by atoms with E-state index in [0.717, 1.165) is 0 Å². The topological polar surface area (TPSA) is 59.8 Å². The summed E-state index contributed by atoms with van der Waals surface area (Å²) in [5.41, 5.74) is 0.688. The van der Waals surface area contributed by atoms with Crippen LogP contribution in [0.5, 0.6) is 5.75 Å². The Bertz CT molecular complexity index is 1010. The maximum Gasteiger partial charge on any atom is 0.294 e. The molecule has 0 unspecified atom stereocenters. The fourth-order valence-corrected chi connectivity index (χ4v) is 2.92. The molecule has 4 rings (SSSR count). The van der Waals surface area contributed by atoms with Gasteiger partial charge in [0.1, 0.15) is 17.9 Å². The monoisotopic (exact) mass is 341 g/mol. The molecule has 2 aromatic carbocycles. The number of hydrogen-bond donors (Lipinski definition) is 0. The van der Waals surface area contributed by atoms with Crippen LogP contribution in [-0.2, 0) is 0 Å². The van der Waals surface area contributed by atoms with Crippen LogP contribution in [0.4, 0.5) is 5.69 Å². The average Bonchev–Trinajstić information content (AvgIpc) is 2.61. The lowest BCUT2D eigenvalue weighted by Gasteiger charge is -2.28. The Morgan fingerprint density at radius 2 is 1.96 bits per heavy atom. The highest BCUT2D eigenvalue weighted by Gasteiger charge is 2.26. The van der Waals surface area contributed by atoms with Crippen LogP contribution in [0.3, 0.4) is 0 Å². The molecule has 3 aromatic rings. The second-order valence-electron chi connectivity index (χ2n) is 5.39. The quantitative estimate of drug-likeness (QED) is 0.680. The number of amides is 1. The minimum atomic E-state index is -0.375. The smallest absolute Gasteiger partial charge is 0.294 e. The molecule has 5 nitrogen and oxygen atoms in total. The summed E-state index contributed by atoms with van der Waals surface area (Å²) in [6.45, 7) is 0.772. The van der Waals surface area contributed by atoms with E-state index in [4.69, 9.17) is 20.8 Å². The standard InChI is InChI=1S/C18H12ClNO4/c19-11-5-6-15-12(9-11)14(21)10-17(24-15)18(22)20-7-8-23-16-4-2-1-3-13(16)20/h1-6,9-10H,7-8H2. The number of anilines is 1. The summed E-state index contributed by atoms with van der Waals surface area (Å²) in [7, 11) is 0. The van der Waals surface area contributed by atoms with Gasteiger partial charge in [0.15, 0.2) is 11.2 Å². The fourth-order valence-electron chi connectivity index (χ4n) is 2.75. The van der Waals surface area contributed by atoms with Crippen molar-refractivity contribution in [1.82, 2.24) is 0 Å². The van der Waals surface area contributed by atoms with E-state index in [-0.39, 0.29) is 17.1 Å². The van der Waals surface area contributed by atoms with E-state index in [2.05, 4.69) is 0 Å². The lowest BCUT2D eigenvalue weighted by atomic mass is 10.2. The first-order chi connectivity index (χ1) is 11.6. The molecule has 6 heteroatoms. The van der Waals surface area contributed by atoms with E-state index in [1.807, 2.05) is 12.1 Å². The minimum Gasteiger partial charge on any atom is -0.490 e. The number of rotatable bonds is 1. The maximum atomic E-state index is 12.8. The number of nitrogens with zero attached hydrogens (tertiary/aromatic N) is 1. The Morgan fingerprint density at radius 3 is 2.83 bits per heavy atom. The molecule has 1 aliphatic rings. The predicted octanol–water partition coefficient (Wildman–Crippen LogP) is 3.49. The molecular formula is C18H12ClNO4. The molecule has 120 valence electrons. The first-order valence-electron chi connectivity index (χ1n) is 7.40. The second kappa shape index (κ2) is 5.69. The highest BCUT2D eigenvalue weighted by molar-refractivity contribution is 6.31. The lowest BCUT2D eigenvalue weighted by Crippen LogP contribution is -2.38. The van der Waals surface area contributed by atoms with Crippen LogP contribution in [0.1, 0.15) is 10.6 Å². The summed E-state index contributed by atoms with van der Waals surface area (Å²) in [5, 5.41) is 0.789. The van der Waals surface area contributed by atoms with Gasteiger partial charge in [0, 0.05) is 11.1 Å². The molecule has 0 saturated carbocycles. The number of halogens is 1. The third-order valence-electron chi connectivity index (χ3n) is 3.87. The van der Waals surface area contributed by atoms with Crippen LogP contribution in [-0.4, -0.2) is 19.1 Å². The third kappa shape index (κ3) is 2.43. The first-order valence-corrected chi connectivity index (χ1v) is 7.78. The normalized spacial score (nSPS) is 13.5. The van der Waals surface area contributed by atoms with Crippen molar-refractivity contribution in [3.63, 3.8) is 0 Å². The summed E-state index contributed by atoms with van der Waals surface area (Å²) in [6, 6.07) is 13.2. The second-order valence-corrected chi connectivity index (χ2v) is 5.82. The van der Waals surface area contributed by atoms with Gasteiger partial charge < -0.3 is 9.15 Å². The third-order valence-corrected chi connectivity index (χ3v) is 4.11. The van der Waals surface area contributed by atoms with Gasteiger partial charge in [-0.2, -0.15) is 0 Å². The zero-order chi connectivity index (χ0) is 16.7. The Labute approximate surface area is 142 Å². The van der Waals surface area contributed by atoms with Gasteiger partial charge in [0.25, 0.3) is 5.91 Å². The molecule has 24 heavy (non-hydrogen) atoms. The molecule has 0 bridgehead atoms. The number of ether oxygens (including phenoxy) is 1. The zero-order valence-corrected chi connectivity index (χ0v) is 13.2. The molecule has 1 amide bonds. The number of carbonyl (C=O) groups is 1. The van der Waals surface area contributed by atoms with Gasteiger partial charge in [-0.15, -0.1) is 0 Å². The molecular weight excluding hydrogens is 330 g/mol. The molecule has 0 saturated heterocycles. The van der Waals surface area contributed by atoms with Crippen molar-refractivity contribution in [1.29, 1.82) is 0 Å². The van der Waals surface area contributed by atoms with Crippen molar-refractivity contribution in [3.05, 3.63) is 69.5 Å². The van der Waals surface area contributed by atoms with E-state index in [9.17, 15) is 9.59 Å². The average molecular weight is 342 g/mol. The van der Waals surface area contributed by atoms with Gasteiger partial charge in [-0.3, -0.25) is 14.5 Å². The number of carbonyl (C=O) groups excluding carboxylic acids is 1. The SMILES string of the molecule is O=C(c1cc(=O)c2cc(Cl)ccc2o1)N1CCOc2ccccc21. The van der Waals surface area contributed by atoms with Crippen molar-refractivity contribution in [2.75, 3.05) is 18.1 Å². The molecule has 0 fully saturated rings. The van der Waals surface area contributed by atoms with Gasteiger partial charge in [0.05, 0.1) is 17.6 Å². The highest BCUT2D eigenvalue weighted by atomic mass is 35.5. The summed E-state index contributed by atoms with van der Waals surface area (Å²) in [5.74, 6) is 0.248. The highest BCUT2D eigenvalue weighted by Crippen LogP contribution is 2.32. The van der Waals surface area contributed by atoms with E-state index >= 15 is 0 Å². The van der Waals surface area contributed by atoms with Crippen molar-refractivity contribution in [2.24, 2.45) is 0 Å². The molecule has 0 aliphatic carbocycles. The van der Waals surface area contributed by atoms with Crippen LogP contribution in [0.15, 0.2) is 57.7 Å². The van der Waals surface area contributed by atoms with Gasteiger partial charge >= 0.3 is 0 Å². The Morgan fingerprint density at radius 1 is 1.12 bits per heavy atom. The van der Waals surface area contributed by atoms with E-state index in [0.29, 0.717) is 40.6 Å². The Kier molecular flexibility index (Phi) is 3.50. The van der Waals surface area contributed by atoms with Crippen molar-refractivity contribution in [3.8, 4) is 5.75 Å². The Balaban J connectivity index is 1.80. The molecule has 0 atom stereocenters. The maximum absolute atomic E-state index is 12.8. The molecule has 0 radical (unpaired) electrons. The van der Waals surface area contributed by atoms with Crippen LogP contribution in [0, 0.1) is 0 Å². The number of fused-ring (bicyclic) bond motifs is 2. The van der Waals surface area contributed by atoms with Crippen LogP contribution in [0.25, 0.3) is 11.0 Å². The number of hydrogen-bond acceptors (Lipinski definition) is 4. The number of benzene rings is 2. The van der Waals surface area contributed by atoms with Gasteiger partial charge in [-0.05, 0) is 30.3 Å². The van der Waals surface area contributed by atoms with Gasteiger partial charge in [-0.25, -0.2) is 0 Å². The minimum absolute atomic E-state index is 0.00785. The van der Waals surface area contributed by atoms with E-state index in [1.54, 1.807) is 29.2 Å².